The summed E-state index contributed by atoms with van der Waals surface area (Å²) in [6, 6.07) is 0.160. The normalized spacial score (nSPS) is 22.1. The van der Waals surface area contributed by atoms with Crippen LogP contribution in [-0.2, 0) is 4.79 Å². The van der Waals surface area contributed by atoms with Gasteiger partial charge in [0.1, 0.15) is 0 Å². The van der Waals surface area contributed by atoms with Crippen LogP contribution in [0, 0.1) is 11.8 Å². The number of rotatable bonds is 3. The van der Waals surface area contributed by atoms with E-state index in [2.05, 4.69) is 6.92 Å². The lowest BCUT2D eigenvalue weighted by atomic mass is 9.93. The van der Waals surface area contributed by atoms with E-state index in [1.54, 1.807) is 0 Å². The van der Waals surface area contributed by atoms with Crippen LogP contribution in [0.5, 0.6) is 0 Å². The molecule has 0 aromatic carbocycles. The van der Waals surface area contributed by atoms with Gasteiger partial charge in [-0.3, -0.25) is 4.79 Å². The highest BCUT2D eigenvalue weighted by atomic mass is 16.4. The number of carbonyl (C=O) groups is 2. The average molecular weight is 282 g/mol. The van der Waals surface area contributed by atoms with Crippen molar-refractivity contribution in [1.29, 1.82) is 0 Å². The number of likely N-dealkylation sites (tertiary alicyclic amines) is 2. The largest absolute Gasteiger partial charge is 0.481 e. The highest BCUT2D eigenvalue weighted by Gasteiger charge is 2.29. The van der Waals surface area contributed by atoms with Gasteiger partial charge in [-0.2, -0.15) is 0 Å². The van der Waals surface area contributed by atoms with Crippen molar-refractivity contribution in [1.82, 2.24) is 9.80 Å². The molecule has 5 nitrogen and oxygen atoms in total. The van der Waals surface area contributed by atoms with Crippen molar-refractivity contribution in [3.63, 3.8) is 0 Å². The Morgan fingerprint density at radius 2 is 1.40 bits per heavy atom. The molecule has 114 valence electrons. The number of carboxylic acids is 1. The monoisotopic (exact) mass is 282 g/mol. The maximum absolute atomic E-state index is 12.4. The van der Waals surface area contributed by atoms with Crippen molar-refractivity contribution in [2.45, 2.75) is 45.4 Å². The van der Waals surface area contributed by atoms with E-state index in [1.807, 2.05) is 9.80 Å². The molecular weight excluding hydrogens is 256 g/mol. The summed E-state index contributed by atoms with van der Waals surface area (Å²) in [5.74, 6) is 0.291. The highest BCUT2D eigenvalue weighted by molar-refractivity contribution is 5.74. The smallest absolute Gasteiger partial charge is 0.319 e. The number of carboxylic acid groups (broad SMARTS) is 1. The summed E-state index contributed by atoms with van der Waals surface area (Å²) in [5.41, 5.74) is 0. The second kappa shape index (κ2) is 6.95. The molecule has 0 spiro atoms. The maximum Gasteiger partial charge on any atom is 0.319 e. The van der Waals surface area contributed by atoms with Gasteiger partial charge in [0.2, 0.25) is 0 Å². The van der Waals surface area contributed by atoms with Gasteiger partial charge in [-0.15, -0.1) is 0 Å². The number of hydrogen-bond acceptors (Lipinski definition) is 2. The van der Waals surface area contributed by atoms with E-state index >= 15 is 0 Å². The number of piperidine rings is 2. The molecule has 2 saturated heterocycles. The molecule has 0 atom stereocenters. The fourth-order valence-corrected chi connectivity index (χ4v) is 3.31. The van der Waals surface area contributed by atoms with Gasteiger partial charge < -0.3 is 14.9 Å². The van der Waals surface area contributed by atoms with Gasteiger partial charge in [0, 0.05) is 32.6 Å². The maximum atomic E-state index is 12.4. The number of nitrogens with zero attached hydrogens (tertiary/aromatic N) is 2. The van der Waals surface area contributed by atoms with Gasteiger partial charge in [0.15, 0.2) is 0 Å². The molecule has 0 unspecified atom stereocenters. The molecule has 5 heteroatoms. The Morgan fingerprint density at radius 3 is 1.80 bits per heavy atom. The first-order valence-electron chi connectivity index (χ1n) is 7.85. The third kappa shape index (κ3) is 3.87. The van der Waals surface area contributed by atoms with E-state index in [1.165, 1.54) is 6.42 Å². The molecule has 2 aliphatic heterocycles. The summed E-state index contributed by atoms with van der Waals surface area (Å²) in [6.45, 7) is 5.41. The van der Waals surface area contributed by atoms with Crippen molar-refractivity contribution in [3.8, 4) is 0 Å². The summed E-state index contributed by atoms with van der Waals surface area (Å²) < 4.78 is 0. The number of aliphatic carboxylic acids is 1. The molecular formula is C15H26N2O3. The van der Waals surface area contributed by atoms with Gasteiger partial charge in [-0.25, -0.2) is 4.79 Å². The van der Waals surface area contributed by atoms with Crippen molar-refractivity contribution in [3.05, 3.63) is 0 Å². The highest BCUT2D eigenvalue weighted by Crippen LogP contribution is 2.24. The first-order valence-corrected chi connectivity index (χ1v) is 7.85. The second-order valence-corrected chi connectivity index (χ2v) is 6.15. The molecule has 0 aromatic heterocycles. The standard InChI is InChI=1S/C15H26N2O3/c1-2-12-3-7-16(8-4-12)15(20)17-9-5-13(6-10-17)11-14(18)19/h12-13H,2-11H2,1H3,(H,18,19). The Bertz CT molecular complexity index is 343. The summed E-state index contributed by atoms with van der Waals surface area (Å²) in [7, 11) is 0. The van der Waals surface area contributed by atoms with Crippen LogP contribution in [0.25, 0.3) is 0 Å². The topological polar surface area (TPSA) is 60.9 Å². The third-order valence-electron chi connectivity index (χ3n) is 4.81. The zero-order valence-corrected chi connectivity index (χ0v) is 12.4. The van der Waals surface area contributed by atoms with Gasteiger partial charge in [0.25, 0.3) is 0 Å². The van der Waals surface area contributed by atoms with Crippen LogP contribution >= 0.6 is 0 Å². The van der Waals surface area contributed by atoms with E-state index in [4.69, 9.17) is 5.11 Å². The van der Waals surface area contributed by atoms with Crippen LogP contribution in [0.2, 0.25) is 0 Å². The van der Waals surface area contributed by atoms with Gasteiger partial charge in [-0.1, -0.05) is 13.3 Å². The number of hydrogen-bond donors (Lipinski definition) is 1. The van der Waals surface area contributed by atoms with Gasteiger partial charge in [-0.05, 0) is 37.5 Å². The fourth-order valence-electron chi connectivity index (χ4n) is 3.31. The van der Waals surface area contributed by atoms with E-state index in [0.29, 0.717) is 13.1 Å². The molecule has 2 fully saturated rings. The Hall–Kier alpha value is -1.26. The molecule has 0 bridgehead atoms. The van der Waals surface area contributed by atoms with E-state index in [-0.39, 0.29) is 18.4 Å². The molecule has 2 aliphatic rings. The predicted molar refractivity (Wildman–Crippen MR) is 76.5 cm³/mol. The van der Waals surface area contributed by atoms with Crippen LogP contribution in [0.15, 0.2) is 0 Å². The molecule has 20 heavy (non-hydrogen) atoms. The summed E-state index contributed by atoms with van der Waals surface area (Å²) in [4.78, 5) is 27.0. The third-order valence-corrected chi connectivity index (χ3v) is 4.81. The van der Waals surface area contributed by atoms with Crippen LogP contribution in [0.4, 0.5) is 4.79 Å². The molecule has 2 heterocycles. The minimum Gasteiger partial charge on any atom is -0.481 e. The van der Waals surface area contributed by atoms with E-state index in [9.17, 15) is 9.59 Å². The lowest BCUT2D eigenvalue weighted by Crippen LogP contribution is -2.49. The summed E-state index contributed by atoms with van der Waals surface area (Å²) >= 11 is 0. The van der Waals surface area contributed by atoms with Crippen LogP contribution < -0.4 is 0 Å². The van der Waals surface area contributed by atoms with Crippen LogP contribution in [0.3, 0.4) is 0 Å². The number of carbonyl (C=O) groups excluding carboxylic acids is 1. The van der Waals surface area contributed by atoms with E-state index < -0.39 is 5.97 Å². The number of amides is 2. The SMILES string of the molecule is CCC1CCN(C(=O)N2CCC(CC(=O)O)CC2)CC1. The van der Waals surface area contributed by atoms with Crippen molar-refractivity contribution in [2.24, 2.45) is 11.8 Å². The molecule has 0 aromatic rings. The summed E-state index contributed by atoms with van der Waals surface area (Å²) in [5, 5.41) is 8.80. The Balaban J connectivity index is 1.76. The Morgan fingerprint density at radius 1 is 0.950 bits per heavy atom. The molecule has 0 saturated carbocycles. The molecule has 2 amide bonds. The second-order valence-electron chi connectivity index (χ2n) is 6.15. The minimum absolute atomic E-state index is 0.160. The molecule has 2 rings (SSSR count). The molecule has 0 radical (unpaired) electrons. The van der Waals surface area contributed by atoms with Crippen LogP contribution in [0.1, 0.15) is 45.4 Å². The van der Waals surface area contributed by atoms with Crippen molar-refractivity contribution < 1.29 is 14.7 Å². The van der Waals surface area contributed by atoms with Crippen LogP contribution in [-0.4, -0.2) is 53.1 Å². The van der Waals surface area contributed by atoms with Crippen molar-refractivity contribution >= 4 is 12.0 Å². The van der Waals surface area contributed by atoms with Gasteiger partial charge in [0.05, 0.1) is 0 Å². The predicted octanol–water partition coefficient (Wildman–Crippen LogP) is 2.42. The van der Waals surface area contributed by atoms with Crippen molar-refractivity contribution in [2.75, 3.05) is 26.2 Å². The number of urea groups is 1. The minimum atomic E-state index is -0.726. The van der Waals surface area contributed by atoms with Gasteiger partial charge >= 0.3 is 12.0 Å². The first-order chi connectivity index (χ1) is 9.60. The lowest BCUT2D eigenvalue weighted by Gasteiger charge is -2.38. The quantitative estimate of drug-likeness (QED) is 0.864. The zero-order valence-electron chi connectivity index (χ0n) is 12.4. The Labute approximate surface area is 120 Å². The first kappa shape index (κ1) is 15.1. The molecule has 0 aliphatic carbocycles. The molecule has 1 N–H and O–H groups in total. The average Bonchev–Trinajstić information content (AvgIpc) is 2.47. The van der Waals surface area contributed by atoms with E-state index in [0.717, 1.165) is 44.7 Å². The fraction of sp³-hybridized carbons (Fsp3) is 0.867. The Kier molecular flexibility index (Phi) is 5.26. The summed E-state index contributed by atoms with van der Waals surface area (Å²) in [6.07, 6.45) is 5.34. The zero-order chi connectivity index (χ0) is 14.5. The lowest BCUT2D eigenvalue weighted by molar-refractivity contribution is -0.138.